The Kier molecular flexibility index (Phi) is 5.55. The Morgan fingerprint density at radius 2 is 2.16 bits per heavy atom. The second-order valence-electron chi connectivity index (χ2n) is 6.12. The highest BCUT2D eigenvalue weighted by Gasteiger charge is 2.16. The Hall–Kier alpha value is -2.54. The molecule has 0 bridgehead atoms. The third-order valence-electron chi connectivity index (χ3n) is 4.12. The second kappa shape index (κ2) is 8.02. The first-order valence-corrected chi connectivity index (χ1v) is 8.60. The molecule has 0 saturated carbocycles. The zero-order chi connectivity index (χ0) is 17.6. The zero-order valence-electron chi connectivity index (χ0n) is 14.6. The first-order chi connectivity index (χ1) is 12.1. The fraction of sp³-hybridized carbons (Fsp3) is 0.444. The molecule has 1 aromatic carbocycles. The van der Waals surface area contributed by atoms with Gasteiger partial charge < -0.3 is 24.8 Å². The van der Waals surface area contributed by atoms with E-state index in [1.54, 1.807) is 0 Å². The summed E-state index contributed by atoms with van der Waals surface area (Å²) in [6.45, 7) is 6.89. The van der Waals surface area contributed by atoms with Crippen LogP contribution < -0.4 is 15.5 Å². The van der Waals surface area contributed by atoms with Crippen LogP contribution in [0.2, 0.25) is 0 Å². The number of amides is 2. The lowest BCUT2D eigenvalue weighted by Gasteiger charge is -2.33. The molecule has 7 heteroatoms. The third-order valence-corrected chi connectivity index (χ3v) is 4.12. The second-order valence-corrected chi connectivity index (χ2v) is 6.12. The number of hydrogen-bond donors (Lipinski definition) is 2. The molecular formula is C18H24N4O3. The van der Waals surface area contributed by atoms with E-state index in [4.69, 9.17) is 9.26 Å². The molecule has 0 aliphatic carbocycles. The summed E-state index contributed by atoms with van der Waals surface area (Å²) in [7, 11) is 0. The zero-order valence-corrected chi connectivity index (χ0v) is 14.6. The van der Waals surface area contributed by atoms with E-state index in [0.717, 1.165) is 43.2 Å². The van der Waals surface area contributed by atoms with Crippen molar-refractivity contribution >= 4 is 17.4 Å². The molecular weight excluding hydrogens is 320 g/mol. The summed E-state index contributed by atoms with van der Waals surface area (Å²) < 4.78 is 10.7. The summed E-state index contributed by atoms with van der Waals surface area (Å²) in [5.74, 6) is 0.642. The normalized spacial score (nSPS) is 17.4. The molecule has 2 heterocycles. The van der Waals surface area contributed by atoms with E-state index < -0.39 is 0 Å². The van der Waals surface area contributed by atoms with Crippen molar-refractivity contribution in [3.8, 4) is 0 Å². The van der Waals surface area contributed by atoms with Gasteiger partial charge in [-0.1, -0.05) is 12.1 Å². The van der Waals surface area contributed by atoms with Gasteiger partial charge in [-0.15, -0.1) is 0 Å². The smallest absolute Gasteiger partial charge is 0.319 e. The molecule has 0 radical (unpaired) electrons. The molecule has 134 valence electrons. The number of nitrogens with one attached hydrogen (secondary N) is 2. The first kappa shape index (κ1) is 17.3. The van der Waals surface area contributed by atoms with Crippen LogP contribution in [0.25, 0.3) is 0 Å². The van der Waals surface area contributed by atoms with Crippen molar-refractivity contribution in [1.29, 1.82) is 0 Å². The van der Waals surface area contributed by atoms with Crippen LogP contribution in [-0.4, -0.2) is 37.0 Å². The SMILES string of the molecule is CCc1cc(CNC(=O)Nc2ccc(N3CCO[C@H](C)C3)cc2)on1. The molecule has 2 amide bonds. The highest BCUT2D eigenvalue weighted by Crippen LogP contribution is 2.20. The minimum atomic E-state index is -0.276. The number of morpholine rings is 1. The van der Waals surface area contributed by atoms with E-state index in [9.17, 15) is 4.79 Å². The van der Waals surface area contributed by atoms with Crippen molar-refractivity contribution < 1.29 is 14.1 Å². The van der Waals surface area contributed by atoms with E-state index in [1.165, 1.54) is 0 Å². The maximum absolute atomic E-state index is 12.0. The average molecular weight is 344 g/mol. The fourth-order valence-corrected chi connectivity index (χ4v) is 2.76. The monoisotopic (exact) mass is 344 g/mol. The number of aromatic nitrogens is 1. The van der Waals surface area contributed by atoms with Gasteiger partial charge in [0.2, 0.25) is 0 Å². The van der Waals surface area contributed by atoms with Gasteiger partial charge >= 0.3 is 6.03 Å². The van der Waals surface area contributed by atoms with Crippen LogP contribution in [-0.2, 0) is 17.7 Å². The molecule has 1 fully saturated rings. The number of benzene rings is 1. The summed E-state index contributed by atoms with van der Waals surface area (Å²) in [6.07, 6.45) is 1.05. The van der Waals surface area contributed by atoms with Gasteiger partial charge in [0, 0.05) is 30.5 Å². The van der Waals surface area contributed by atoms with Crippen molar-refractivity contribution in [2.45, 2.75) is 32.9 Å². The van der Waals surface area contributed by atoms with Gasteiger partial charge in [-0.25, -0.2) is 4.79 Å². The number of carbonyl (C=O) groups is 1. The number of aryl methyl sites for hydroxylation is 1. The van der Waals surface area contributed by atoms with Crippen molar-refractivity contribution in [3.63, 3.8) is 0 Å². The van der Waals surface area contributed by atoms with Crippen LogP contribution in [0.4, 0.5) is 16.2 Å². The number of rotatable bonds is 5. The molecule has 7 nitrogen and oxygen atoms in total. The van der Waals surface area contributed by atoms with Gasteiger partial charge in [0.05, 0.1) is 24.9 Å². The first-order valence-electron chi connectivity index (χ1n) is 8.60. The number of anilines is 2. The van der Waals surface area contributed by atoms with Crippen LogP contribution in [0.5, 0.6) is 0 Å². The van der Waals surface area contributed by atoms with E-state index in [0.29, 0.717) is 12.3 Å². The van der Waals surface area contributed by atoms with Gasteiger partial charge in [-0.3, -0.25) is 0 Å². The molecule has 3 rings (SSSR count). The molecule has 2 N–H and O–H groups in total. The van der Waals surface area contributed by atoms with Crippen LogP contribution in [0, 0.1) is 0 Å². The Balaban J connectivity index is 1.49. The summed E-state index contributed by atoms with van der Waals surface area (Å²) in [4.78, 5) is 14.3. The number of urea groups is 1. The van der Waals surface area contributed by atoms with Gasteiger partial charge in [-0.05, 0) is 37.6 Å². The summed E-state index contributed by atoms with van der Waals surface area (Å²) in [6, 6.07) is 9.40. The number of carbonyl (C=O) groups excluding carboxylic acids is 1. The lowest BCUT2D eigenvalue weighted by molar-refractivity contribution is 0.0532. The van der Waals surface area contributed by atoms with Crippen LogP contribution in [0.15, 0.2) is 34.9 Å². The van der Waals surface area contributed by atoms with Crippen molar-refractivity contribution in [2.24, 2.45) is 0 Å². The van der Waals surface area contributed by atoms with Crippen molar-refractivity contribution in [2.75, 3.05) is 29.9 Å². The predicted molar refractivity (Wildman–Crippen MR) is 95.8 cm³/mol. The largest absolute Gasteiger partial charge is 0.375 e. The van der Waals surface area contributed by atoms with Crippen molar-refractivity contribution in [3.05, 3.63) is 41.8 Å². The molecule has 1 aliphatic heterocycles. The molecule has 0 unspecified atom stereocenters. The molecule has 1 aromatic heterocycles. The minimum absolute atomic E-state index is 0.238. The van der Waals surface area contributed by atoms with E-state index in [1.807, 2.05) is 37.3 Å². The summed E-state index contributed by atoms with van der Waals surface area (Å²) in [5.41, 5.74) is 2.76. The van der Waals surface area contributed by atoms with Gasteiger partial charge in [0.15, 0.2) is 5.76 Å². The lowest BCUT2D eigenvalue weighted by Crippen LogP contribution is -2.41. The van der Waals surface area contributed by atoms with E-state index >= 15 is 0 Å². The highest BCUT2D eigenvalue weighted by molar-refractivity contribution is 5.89. The lowest BCUT2D eigenvalue weighted by atomic mass is 10.2. The predicted octanol–water partition coefficient (Wildman–Crippen LogP) is 2.78. The van der Waals surface area contributed by atoms with E-state index in [2.05, 4.69) is 27.6 Å². The fourth-order valence-electron chi connectivity index (χ4n) is 2.76. The molecule has 1 atom stereocenters. The molecule has 1 saturated heterocycles. The molecule has 25 heavy (non-hydrogen) atoms. The van der Waals surface area contributed by atoms with Crippen molar-refractivity contribution in [1.82, 2.24) is 10.5 Å². The Morgan fingerprint density at radius 1 is 1.36 bits per heavy atom. The standard InChI is InChI=1S/C18H24N4O3/c1-3-14-10-17(25-21-14)11-19-18(23)20-15-4-6-16(7-5-15)22-8-9-24-13(2)12-22/h4-7,10,13H,3,8-9,11-12H2,1-2H3,(H2,19,20,23)/t13-/m1/s1. The summed E-state index contributed by atoms with van der Waals surface area (Å²) >= 11 is 0. The maximum atomic E-state index is 12.0. The van der Waals surface area contributed by atoms with E-state index in [-0.39, 0.29) is 12.1 Å². The van der Waals surface area contributed by atoms with Gasteiger partial charge in [0.1, 0.15) is 0 Å². The minimum Gasteiger partial charge on any atom is -0.375 e. The number of ether oxygens (including phenoxy) is 1. The Bertz CT molecular complexity index is 699. The maximum Gasteiger partial charge on any atom is 0.319 e. The Morgan fingerprint density at radius 3 is 2.84 bits per heavy atom. The Labute approximate surface area is 147 Å². The van der Waals surface area contributed by atoms with Crippen LogP contribution >= 0.6 is 0 Å². The highest BCUT2D eigenvalue weighted by atomic mass is 16.5. The van der Waals surface area contributed by atoms with Gasteiger partial charge in [0.25, 0.3) is 0 Å². The number of nitrogens with zero attached hydrogens (tertiary/aromatic N) is 2. The molecule has 0 spiro atoms. The van der Waals surface area contributed by atoms with Gasteiger partial charge in [-0.2, -0.15) is 0 Å². The third kappa shape index (κ3) is 4.73. The van der Waals surface area contributed by atoms with Crippen LogP contribution in [0.1, 0.15) is 25.3 Å². The topological polar surface area (TPSA) is 79.6 Å². The number of hydrogen-bond acceptors (Lipinski definition) is 5. The quantitative estimate of drug-likeness (QED) is 0.872. The van der Waals surface area contributed by atoms with Crippen LogP contribution in [0.3, 0.4) is 0 Å². The molecule has 1 aliphatic rings. The molecule has 2 aromatic rings. The average Bonchev–Trinajstić information content (AvgIpc) is 3.09. The summed E-state index contributed by atoms with van der Waals surface area (Å²) in [5, 5.41) is 9.47.